The molecular weight excluding hydrogens is 188 g/mol. The van der Waals surface area contributed by atoms with Crippen LogP contribution >= 0.6 is 0 Å². The molecule has 5 nitrogen and oxygen atoms in total. The average molecular weight is 204 g/mol. The van der Waals surface area contributed by atoms with E-state index in [0.717, 1.165) is 0 Å². The van der Waals surface area contributed by atoms with Gasteiger partial charge in [-0.2, -0.15) is 0 Å². The molecule has 14 heavy (non-hydrogen) atoms. The summed E-state index contributed by atoms with van der Waals surface area (Å²) in [5, 5.41) is 27.6. The van der Waals surface area contributed by atoms with Gasteiger partial charge in [0.1, 0.15) is 12.2 Å². The van der Waals surface area contributed by atoms with E-state index in [0.29, 0.717) is 6.61 Å². The van der Waals surface area contributed by atoms with Crippen LogP contribution in [0.4, 0.5) is 0 Å². The zero-order valence-corrected chi connectivity index (χ0v) is 7.87. The van der Waals surface area contributed by atoms with Crippen molar-refractivity contribution in [1.82, 2.24) is 0 Å². The number of rotatable bonds is 4. The Morgan fingerprint density at radius 2 is 2.21 bits per heavy atom. The van der Waals surface area contributed by atoms with E-state index in [9.17, 15) is 10.2 Å². The van der Waals surface area contributed by atoms with Crippen molar-refractivity contribution in [2.24, 2.45) is 0 Å². The minimum absolute atomic E-state index is 0.200. The summed E-state index contributed by atoms with van der Waals surface area (Å²) < 4.78 is 10.4. The quantitative estimate of drug-likeness (QED) is 0.513. The minimum Gasteiger partial charge on any atom is -0.394 e. The van der Waals surface area contributed by atoms with Crippen molar-refractivity contribution in [2.75, 3.05) is 13.2 Å². The molecule has 0 radical (unpaired) electrons. The highest BCUT2D eigenvalue weighted by Gasteiger charge is 2.36. The lowest BCUT2D eigenvalue weighted by molar-refractivity contribution is -0.253. The summed E-state index contributed by atoms with van der Waals surface area (Å²) in [5.41, 5.74) is 0. The third-order valence-electron chi connectivity index (χ3n) is 2.12. The zero-order valence-electron chi connectivity index (χ0n) is 7.87. The second-order valence-electron chi connectivity index (χ2n) is 3.20. The molecule has 0 saturated carbocycles. The van der Waals surface area contributed by atoms with Crippen molar-refractivity contribution in [3.05, 3.63) is 12.7 Å². The van der Waals surface area contributed by atoms with Crippen LogP contribution in [-0.4, -0.2) is 53.1 Å². The van der Waals surface area contributed by atoms with Crippen LogP contribution in [0.2, 0.25) is 0 Å². The number of ether oxygens (including phenoxy) is 2. The third-order valence-corrected chi connectivity index (χ3v) is 2.12. The summed E-state index contributed by atoms with van der Waals surface area (Å²) in [7, 11) is 0. The van der Waals surface area contributed by atoms with Crippen LogP contribution in [0, 0.1) is 0 Å². The van der Waals surface area contributed by atoms with Crippen molar-refractivity contribution < 1.29 is 24.8 Å². The van der Waals surface area contributed by atoms with Crippen molar-refractivity contribution in [1.29, 1.82) is 0 Å². The first-order valence-corrected chi connectivity index (χ1v) is 4.54. The second-order valence-corrected chi connectivity index (χ2v) is 3.20. The maximum atomic E-state index is 9.40. The molecule has 1 aliphatic rings. The van der Waals surface area contributed by atoms with Crippen molar-refractivity contribution in [3.8, 4) is 0 Å². The lowest BCUT2D eigenvalue weighted by atomic mass is 10.0. The molecule has 0 aromatic rings. The number of aliphatic hydroxyl groups excluding tert-OH is 3. The van der Waals surface area contributed by atoms with Gasteiger partial charge in [0.15, 0.2) is 6.29 Å². The Balaban J connectivity index is 2.45. The minimum atomic E-state index is -1.05. The molecule has 1 saturated heterocycles. The summed E-state index contributed by atoms with van der Waals surface area (Å²) >= 11 is 0. The highest BCUT2D eigenvalue weighted by Crippen LogP contribution is 2.20. The molecule has 0 spiro atoms. The summed E-state index contributed by atoms with van der Waals surface area (Å²) in [6.45, 7) is 3.45. The van der Waals surface area contributed by atoms with Crippen molar-refractivity contribution in [3.63, 3.8) is 0 Å². The van der Waals surface area contributed by atoms with Gasteiger partial charge in [-0.15, -0.1) is 6.58 Å². The molecule has 0 aliphatic carbocycles. The summed E-state index contributed by atoms with van der Waals surface area (Å²) in [5.74, 6) is 0. The van der Waals surface area contributed by atoms with Crippen LogP contribution < -0.4 is 0 Å². The van der Waals surface area contributed by atoms with E-state index in [2.05, 4.69) is 6.58 Å². The van der Waals surface area contributed by atoms with Gasteiger partial charge in [-0.3, -0.25) is 0 Å². The first kappa shape index (κ1) is 11.6. The molecule has 0 bridgehead atoms. The van der Waals surface area contributed by atoms with E-state index in [1.54, 1.807) is 6.08 Å². The number of aliphatic hydroxyl groups is 3. The molecule has 1 fully saturated rings. The van der Waals surface area contributed by atoms with Gasteiger partial charge in [-0.05, 0) is 0 Å². The monoisotopic (exact) mass is 204 g/mol. The Morgan fingerprint density at radius 1 is 1.50 bits per heavy atom. The predicted octanol–water partition coefficient (Wildman–Crippen LogP) is -0.982. The molecule has 3 N–H and O–H groups in total. The Kier molecular flexibility index (Phi) is 4.50. The average Bonchev–Trinajstić information content (AvgIpc) is 2.19. The highest BCUT2D eigenvalue weighted by atomic mass is 16.7. The van der Waals surface area contributed by atoms with E-state index in [-0.39, 0.29) is 13.0 Å². The number of hydrogen-bond acceptors (Lipinski definition) is 5. The van der Waals surface area contributed by atoms with Crippen LogP contribution in [0.15, 0.2) is 12.7 Å². The van der Waals surface area contributed by atoms with E-state index >= 15 is 0 Å². The molecule has 0 unspecified atom stereocenters. The van der Waals surface area contributed by atoms with Gasteiger partial charge in [0.05, 0.1) is 19.3 Å². The fourth-order valence-corrected chi connectivity index (χ4v) is 1.35. The highest BCUT2D eigenvalue weighted by molar-refractivity contribution is 4.82. The Labute approximate surface area is 82.6 Å². The molecule has 4 atom stereocenters. The smallest absolute Gasteiger partial charge is 0.161 e. The van der Waals surface area contributed by atoms with Crippen LogP contribution in [0.1, 0.15) is 6.42 Å². The van der Waals surface area contributed by atoms with Crippen LogP contribution in [0.5, 0.6) is 0 Å². The van der Waals surface area contributed by atoms with Gasteiger partial charge in [-0.1, -0.05) is 6.08 Å². The molecule has 1 rings (SSSR count). The molecule has 0 aromatic carbocycles. The van der Waals surface area contributed by atoms with E-state index < -0.39 is 24.6 Å². The van der Waals surface area contributed by atoms with Gasteiger partial charge < -0.3 is 24.8 Å². The first-order chi connectivity index (χ1) is 6.69. The SMILES string of the molecule is C=CCO[C@H]1C[C@@H](O)[C@H](O)[C@@H](CO)O1. The maximum Gasteiger partial charge on any atom is 0.161 e. The molecule has 1 aliphatic heterocycles. The van der Waals surface area contributed by atoms with Gasteiger partial charge >= 0.3 is 0 Å². The van der Waals surface area contributed by atoms with Gasteiger partial charge in [0, 0.05) is 6.42 Å². The van der Waals surface area contributed by atoms with Crippen LogP contribution in [0.25, 0.3) is 0 Å². The Hall–Kier alpha value is -0.460. The summed E-state index contributed by atoms with van der Waals surface area (Å²) in [6, 6.07) is 0. The fraction of sp³-hybridized carbons (Fsp3) is 0.778. The van der Waals surface area contributed by atoms with E-state index in [4.69, 9.17) is 14.6 Å². The van der Waals surface area contributed by atoms with Crippen molar-refractivity contribution >= 4 is 0 Å². The summed E-state index contributed by atoms with van der Waals surface area (Å²) in [4.78, 5) is 0. The molecule has 82 valence electrons. The third kappa shape index (κ3) is 2.76. The second kappa shape index (κ2) is 5.43. The van der Waals surface area contributed by atoms with Crippen LogP contribution in [0.3, 0.4) is 0 Å². The molecule has 1 heterocycles. The van der Waals surface area contributed by atoms with Gasteiger partial charge in [-0.25, -0.2) is 0 Å². The summed E-state index contributed by atoms with van der Waals surface area (Å²) in [6.07, 6.45) is -1.59. The maximum absolute atomic E-state index is 9.40. The predicted molar refractivity (Wildman–Crippen MR) is 48.5 cm³/mol. The first-order valence-electron chi connectivity index (χ1n) is 4.54. The number of hydrogen-bond donors (Lipinski definition) is 3. The fourth-order valence-electron chi connectivity index (χ4n) is 1.35. The largest absolute Gasteiger partial charge is 0.394 e. The topological polar surface area (TPSA) is 79.2 Å². The molecule has 0 aromatic heterocycles. The Morgan fingerprint density at radius 3 is 2.79 bits per heavy atom. The lowest BCUT2D eigenvalue weighted by Crippen LogP contribution is -2.50. The zero-order chi connectivity index (χ0) is 10.6. The Bertz CT molecular complexity index is 184. The molecule has 0 amide bonds. The van der Waals surface area contributed by atoms with Crippen LogP contribution in [-0.2, 0) is 9.47 Å². The van der Waals surface area contributed by atoms with Gasteiger partial charge in [0.2, 0.25) is 0 Å². The molecule has 5 heteroatoms. The normalized spacial score (nSPS) is 38.2. The van der Waals surface area contributed by atoms with Crippen molar-refractivity contribution in [2.45, 2.75) is 31.0 Å². The lowest BCUT2D eigenvalue weighted by Gasteiger charge is -2.35. The molecular formula is C9H16O5. The standard InChI is InChI=1S/C9H16O5/c1-2-3-13-8-4-6(11)9(12)7(5-10)14-8/h2,6-12H,1,3-5H2/t6-,7-,8-,9+/m1/s1. The van der Waals surface area contributed by atoms with Gasteiger partial charge in [0.25, 0.3) is 0 Å². The van der Waals surface area contributed by atoms with E-state index in [1.807, 2.05) is 0 Å². The van der Waals surface area contributed by atoms with E-state index in [1.165, 1.54) is 0 Å².